The number of carbonyl (C=O) groups is 2. The van der Waals surface area contributed by atoms with E-state index in [4.69, 9.17) is 4.74 Å². The molecule has 118 valence electrons. The summed E-state index contributed by atoms with van der Waals surface area (Å²) in [6, 6.07) is 3.44. The van der Waals surface area contributed by atoms with Gasteiger partial charge in [-0.15, -0.1) is 0 Å². The highest BCUT2D eigenvalue weighted by Crippen LogP contribution is 2.22. The Hall–Kier alpha value is -1.99. The van der Waals surface area contributed by atoms with E-state index in [0.717, 1.165) is 19.4 Å². The molecule has 2 unspecified atom stereocenters. The van der Waals surface area contributed by atoms with Gasteiger partial charge in [-0.25, -0.2) is 4.98 Å². The van der Waals surface area contributed by atoms with Gasteiger partial charge < -0.3 is 15.4 Å². The number of nitrogens with zero attached hydrogens (tertiary/aromatic N) is 2. The van der Waals surface area contributed by atoms with Gasteiger partial charge in [0.2, 0.25) is 5.91 Å². The smallest absolute Gasteiger partial charge is 0.253 e. The highest BCUT2D eigenvalue weighted by atomic mass is 16.5. The number of amides is 2. The Labute approximate surface area is 129 Å². The van der Waals surface area contributed by atoms with E-state index < -0.39 is 6.10 Å². The van der Waals surface area contributed by atoms with Gasteiger partial charge in [-0.05, 0) is 25.8 Å². The number of anilines is 2. The van der Waals surface area contributed by atoms with Crippen LogP contribution < -0.4 is 15.5 Å². The van der Waals surface area contributed by atoms with Gasteiger partial charge in [-0.3, -0.25) is 14.5 Å². The zero-order chi connectivity index (χ0) is 15.5. The van der Waals surface area contributed by atoms with Gasteiger partial charge in [0.05, 0.1) is 12.6 Å². The first-order valence-electron chi connectivity index (χ1n) is 7.57. The standard InChI is InChI=1S/C15H20N4O3/c1-10-2-3-12(22-10)15(21)18-11-4-5-17-13(8-11)19-7-6-16-9-14(19)20/h4-5,8,10,12,16H,2-3,6-7,9H2,1H3,(H,17,18,21). The molecule has 2 atom stereocenters. The third kappa shape index (κ3) is 3.26. The number of piperazine rings is 1. The summed E-state index contributed by atoms with van der Waals surface area (Å²) in [4.78, 5) is 29.9. The van der Waals surface area contributed by atoms with Gasteiger partial charge in [0.25, 0.3) is 5.91 Å². The fraction of sp³-hybridized carbons (Fsp3) is 0.533. The molecule has 1 aromatic rings. The minimum Gasteiger partial charge on any atom is -0.365 e. The largest absolute Gasteiger partial charge is 0.365 e. The number of rotatable bonds is 3. The zero-order valence-corrected chi connectivity index (χ0v) is 12.5. The van der Waals surface area contributed by atoms with Crippen molar-refractivity contribution in [3.8, 4) is 0 Å². The number of pyridine rings is 1. The van der Waals surface area contributed by atoms with Gasteiger partial charge in [-0.1, -0.05) is 0 Å². The molecule has 2 saturated heterocycles. The van der Waals surface area contributed by atoms with Gasteiger partial charge in [-0.2, -0.15) is 0 Å². The summed E-state index contributed by atoms with van der Waals surface area (Å²) in [7, 11) is 0. The van der Waals surface area contributed by atoms with E-state index in [0.29, 0.717) is 24.6 Å². The Morgan fingerprint density at radius 1 is 1.50 bits per heavy atom. The fourth-order valence-electron chi connectivity index (χ4n) is 2.71. The summed E-state index contributed by atoms with van der Waals surface area (Å²) in [5, 5.41) is 5.86. The molecule has 3 rings (SSSR count). The first-order chi connectivity index (χ1) is 10.6. The topological polar surface area (TPSA) is 83.6 Å². The van der Waals surface area contributed by atoms with Crippen molar-refractivity contribution in [1.29, 1.82) is 0 Å². The second-order valence-electron chi connectivity index (χ2n) is 5.63. The van der Waals surface area contributed by atoms with Crippen LogP contribution in [0.5, 0.6) is 0 Å². The lowest BCUT2D eigenvalue weighted by atomic mass is 10.2. The maximum atomic E-state index is 12.2. The van der Waals surface area contributed by atoms with Crippen molar-refractivity contribution >= 4 is 23.3 Å². The third-order valence-electron chi connectivity index (χ3n) is 3.90. The molecule has 7 nitrogen and oxygen atoms in total. The normalized spacial score (nSPS) is 25.3. The molecule has 0 aromatic carbocycles. The first-order valence-corrected chi connectivity index (χ1v) is 7.57. The maximum Gasteiger partial charge on any atom is 0.253 e. The zero-order valence-electron chi connectivity index (χ0n) is 12.5. The average molecular weight is 304 g/mol. The molecule has 0 bridgehead atoms. The fourth-order valence-corrected chi connectivity index (χ4v) is 2.71. The molecule has 2 aliphatic heterocycles. The Kier molecular flexibility index (Phi) is 4.35. The lowest BCUT2D eigenvalue weighted by Crippen LogP contribution is -2.48. The summed E-state index contributed by atoms with van der Waals surface area (Å²) in [6.45, 7) is 3.59. The number of hydrogen-bond acceptors (Lipinski definition) is 5. The van der Waals surface area contributed by atoms with E-state index in [-0.39, 0.29) is 17.9 Å². The molecular formula is C15H20N4O3. The minimum absolute atomic E-state index is 0.0184. The van der Waals surface area contributed by atoms with Gasteiger partial charge in [0, 0.05) is 31.0 Å². The van der Waals surface area contributed by atoms with Crippen LogP contribution in [0.1, 0.15) is 19.8 Å². The molecule has 2 N–H and O–H groups in total. The van der Waals surface area contributed by atoms with Gasteiger partial charge >= 0.3 is 0 Å². The van der Waals surface area contributed by atoms with E-state index in [1.54, 1.807) is 23.2 Å². The molecule has 3 heterocycles. The van der Waals surface area contributed by atoms with Crippen LogP contribution in [0.4, 0.5) is 11.5 Å². The number of hydrogen-bond donors (Lipinski definition) is 2. The molecular weight excluding hydrogens is 284 g/mol. The number of carbonyl (C=O) groups excluding carboxylic acids is 2. The Bertz CT molecular complexity index is 578. The van der Waals surface area contributed by atoms with Crippen molar-refractivity contribution in [2.45, 2.75) is 32.0 Å². The first kappa shape index (κ1) is 14.9. The highest BCUT2D eigenvalue weighted by Gasteiger charge is 2.28. The van der Waals surface area contributed by atoms with E-state index >= 15 is 0 Å². The van der Waals surface area contributed by atoms with E-state index in [9.17, 15) is 9.59 Å². The average Bonchev–Trinajstić information content (AvgIpc) is 2.95. The monoisotopic (exact) mass is 304 g/mol. The van der Waals surface area contributed by atoms with E-state index in [2.05, 4.69) is 15.6 Å². The molecule has 2 amide bonds. The molecule has 2 fully saturated rings. The molecule has 0 aliphatic carbocycles. The van der Waals surface area contributed by atoms with Crippen LogP contribution in [0, 0.1) is 0 Å². The number of nitrogens with one attached hydrogen (secondary N) is 2. The van der Waals surface area contributed by atoms with Crippen molar-refractivity contribution in [2.75, 3.05) is 29.9 Å². The highest BCUT2D eigenvalue weighted by molar-refractivity contribution is 5.97. The van der Waals surface area contributed by atoms with Crippen LogP contribution in [-0.4, -0.2) is 48.6 Å². The van der Waals surface area contributed by atoms with Crippen molar-refractivity contribution in [3.63, 3.8) is 0 Å². The second-order valence-corrected chi connectivity index (χ2v) is 5.63. The van der Waals surface area contributed by atoms with Crippen LogP contribution in [0.15, 0.2) is 18.3 Å². The molecule has 0 radical (unpaired) electrons. The minimum atomic E-state index is -0.396. The van der Waals surface area contributed by atoms with E-state index in [1.807, 2.05) is 6.92 Å². The Morgan fingerprint density at radius 3 is 3.09 bits per heavy atom. The van der Waals surface area contributed by atoms with Crippen LogP contribution in [0.2, 0.25) is 0 Å². The van der Waals surface area contributed by atoms with Crippen LogP contribution in [0.25, 0.3) is 0 Å². The molecule has 22 heavy (non-hydrogen) atoms. The van der Waals surface area contributed by atoms with Crippen LogP contribution >= 0.6 is 0 Å². The molecule has 0 saturated carbocycles. The van der Waals surface area contributed by atoms with E-state index in [1.165, 1.54) is 0 Å². The summed E-state index contributed by atoms with van der Waals surface area (Å²) in [5.74, 6) is 0.397. The predicted molar refractivity (Wildman–Crippen MR) is 81.7 cm³/mol. The number of aromatic nitrogens is 1. The molecule has 1 aromatic heterocycles. The molecule has 2 aliphatic rings. The van der Waals surface area contributed by atoms with Crippen molar-refractivity contribution in [1.82, 2.24) is 10.3 Å². The quantitative estimate of drug-likeness (QED) is 0.851. The summed E-state index contributed by atoms with van der Waals surface area (Å²) >= 11 is 0. The third-order valence-corrected chi connectivity index (χ3v) is 3.90. The van der Waals surface area contributed by atoms with Gasteiger partial charge in [0.15, 0.2) is 0 Å². The van der Waals surface area contributed by atoms with Crippen molar-refractivity contribution in [2.24, 2.45) is 0 Å². The Balaban J connectivity index is 1.68. The van der Waals surface area contributed by atoms with Gasteiger partial charge in [0.1, 0.15) is 11.9 Å². The van der Waals surface area contributed by atoms with Crippen molar-refractivity contribution < 1.29 is 14.3 Å². The SMILES string of the molecule is CC1CCC(C(=O)Nc2ccnc(N3CCNCC3=O)c2)O1. The van der Waals surface area contributed by atoms with Crippen molar-refractivity contribution in [3.05, 3.63) is 18.3 Å². The summed E-state index contributed by atoms with van der Waals surface area (Å²) in [6.07, 6.45) is 2.96. The Morgan fingerprint density at radius 2 is 2.36 bits per heavy atom. The lowest BCUT2D eigenvalue weighted by molar-refractivity contribution is -0.126. The summed E-state index contributed by atoms with van der Waals surface area (Å²) in [5.41, 5.74) is 0.629. The summed E-state index contributed by atoms with van der Waals surface area (Å²) < 4.78 is 5.56. The molecule has 0 spiro atoms. The number of ether oxygens (including phenoxy) is 1. The predicted octanol–water partition coefficient (Wildman–Crippen LogP) is 0.524. The molecule has 7 heteroatoms. The maximum absolute atomic E-state index is 12.2. The van der Waals surface area contributed by atoms with Crippen LogP contribution in [-0.2, 0) is 14.3 Å². The second kappa shape index (κ2) is 6.41. The lowest BCUT2D eigenvalue weighted by Gasteiger charge is -2.26. The van der Waals surface area contributed by atoms with Crippen LogP contribution in [0.3, 0.4) is 0 Å².